The van der Waals surface area contributed by atoms with E-state index in [1.807, 2.05) is 0 Å². The lowest BCUT2D eigenvalue weighted by atomic mass is 9.80. The minimum Gasteiger partial charge on any atom is -0.316 e. The molecular formula is C10H19N. The van der Waals surface area contributed by atoms with Crippen molar-refractivity contribution in [3.8, 4) is 0 Å². The zero-order valence-electron chi connectivity index (χ0n) is 7.74. The quantitative estimate of drug-likeness (QED) is 0.570. The third-order valence-electron chi connectivity index (χ3n) is 2.88. The van der Waals surface area contributed by atoms with Crippen LogP contribution in [0.25, 0.3) is 0 Å². The van der Waals surface area contributed by atoms with Crippen LogP contribution in [0.15, 0.2) is 12.2 Å². The van der Waals surface area contributed by atoms with Gasteiger partial charge in [0.25, 0.3) is 0 Å². The van der Waals surface area contributed by atoms with E-state index in [0.29, 0.717) is 5.41 Å². The summed E-state index contributed by atoms with van der Waals surface area (Å²) in [5, 5.41) is 3.46. The van der Waals surface area contributed by atoms with Crippen LogP contribution >= 0.6 is 0 Å². The summed E-state index contributed by atoms with van der Waals surface area (Å²) in [4.78, 5) is 0. The summed E-state index contributed by atoms with van der Waals surface area (Å²) >= 11 is 0. The number of hydrogen-bond acceptors (Lipinski definition) is 1. The lowest BCUT2D eigenvalue weighted by Crippen LogP contribution is -2.30. The molecule has 0 aromatic carbocycles. The minimum atomic E-state index is 0.358. The fraction of sp³-hybridized carbons (Fsp3) is 0.800. The monoisotopic (exact) mass is 153 g/mol. The zero-order valence-corrected chi connectivity index (χ0v) is 7.74. The smallest absolute Gasteiger partial charge is 0.00423 e. The summed E-state index contributed by atoms with van der Waals surface area (Å²) < 4.78 is 0. The Morgan fingerprint density at radius 1 is 1.45 bits per heavy atom. The van der Waals surface area contributed by atoms with Gasteiger partial charge >= 0.3 is 0 Å². The van der Waals surface area contributed by atoms with Crippen molar-refractivity contribution in [2.24, 2.45) is 5.41 Å². The van der Waals surface area contributed by atoms with Crippen LogP contribution in [0, 0.1) is 5.41 Å². The van der Waals surface area contributed by atoms with Gasteiger partial charge in [-0.25, -0.2) is 0 Å². The summed E-state index contributed by atoms with van der Waals surface area (Å²) in [6, 6.07) is 0. The Kier molecular flexibility index (Phi) is 2.72. The second kappa shape index (κ2) is 3.40. The van der Waals surface area contributed by atoms with Gasteiger partial charge in [0.05, 0.1) is 0 Å². The molecule has 64 valence electrons. The summed E-state index contributed by atoms with van der Waals surface area (Å²) in [6.45, 7) is 10.8. The molecule has 11 heavy (non-hydrogen) atoms. The van der Waals surface area contributed by atoms with E-state index in [2.05, 4.69) is 25.7 Å². The Labute approximate surface area is 69.9 Å². The van der Waals surface area contributed by atoms with Gasteiger partial charge in [-0.15, -0.1) is 0 Å². The third-order valence-corrected chi connectivity index (χ3v) is 2.88. The van der Waals surface area contributed by atoms with Crippen LogP contribution in [0.1, 0.15) is 33.1 Å². The van der Waals surface area contributed by atoms with Gasteiger partial charge in [-0.2, -0.15) is 0 Å². The van der Waals surface area contributed by atoms with Crippen LogP contribution in [-0.4, -0.2) is 13.1 Å². The number of nitrogens with one attached hydrogen (secondary N) is 1. The van der Waals surface area contributed by atoms with E-state index in [0.717, 1.165) is 6.54 Å². The van der Waals surface area contributed by atoms with Crippen LogP contribution in [0.5, 0.6) is 0 Å². The number of hydrogen-bond donors (Lipinski definition) is 1. The molecule has 1 heterocycles. The highest BCUT2D eigenvalue weighted by Crippen LogP contribution is 2.31. The summed E-state index contributed by atoms with van der Waals surface area (Å²) in [5.74, 6) is 0. The van der Waals surface area contributed by atoms with Crippen molar-refractivity contribution < 1.29 is 0 Å². The van der Waals surface area contributed by atoms with Crippen LogP contribution < -0.4 is 5.32 Å². The molecule has 1 fully saturated rings. The van der Waals surface area contributed by atoms with E-state index in [1.54, 1.807) is 0 Å². The second-order valence-electron chi connectivity index (χ2n) is 3.97. The van der Waals surface area contributed by atoms with E-state index in [9.17, 15) is 0 Å². The highest BCUT2D eigenvalue weighted by Gasteiger charge is 2.25. The fourth-order valence-electron chi connectivity index (χ4n) is 1.58. The largest absolute Gasteiger partial charge is 0.316 e. The molecule has 1 rings (SSSR count). The normalized spacial score (nSPS) is 32.9. The first-order valence-corrected chi connectivity index (χ1v) is 4.52. The molecular weight excluding hydrogens is 134 g/mol. The summed E-state index contributed by atoms with van der Waals surface area (Å²) in [6.07, 6.45) is 3.97. The molecule has 1 unspecified atom stereocenters. The maximum atomic E-state index is 4.05. The van der Waals surface area contributed by atoms with Crippen molar-refractivity contribution in [1.29, 1.82) is 0 Å². The third kappa shape index (κ3) is 2.06. The van der Waals surface area contributed by atoms with Crippen LogP contribution in [0.4, 0.5) is 0 Å². The average Bonchev–Trinajstić information content (AvgIpc) is 2.15. The van der Waals surface area contributed by atoms with Crippen molar-refractivity contribution in [2.75, 3.05) is 13.1 Å². The molecule has 0 aliphatic carbocycles. The molecule has 1 nitrogen and oxygen atoms in total. The van der Waals surface area contributed by atoms with Crippen LogP contribution in [-0.2, 0) is 0 Å². The van der Waals surface area contributed by atoms with Crippen LogP contribution in [0.2, 0.25) is 0 Å². The molecule has 0 aromatic rings. The molecule has 0 amide bonds. The van der Waals surface area contributed by atoms with Crippen molar-refractivity contribution in [3.63, 3.8) is 0 Å². The van der Waals surface area contributed by atoms with Crippen molar-refractivity contribution in [1.82, 2.24) is 5.32 Å². The van der Waals surface area contributed by atoms with Gasteiger partial charge in [-0.05, 0) is 26.3 Å². The minimum absolute atomic E-state index is 0.358. The lowest BCUT2D eigenvalue weighted by Gasteiger charge is -2.28. The van der Waals surface area contributed by atoms with E-state index in [4.69, 9.17) is 0 Å². The standard InChI is InChI=1S/C10H19N/c1-9(2)10(3)6-4-5-7-11-8-10/h11H,1,4-8H2,2-3H3. The van der Waals surface area contributed by atoms with E-state index < -0.39 is 0 Å². The molecule has 0 aromatic heterocycles. The molecule has 1 heteroatoms. The van der Waals surface area contributed by atoms with Gasteiger partial charge in [-0.3, -0.25) is 0 Å². The van der Waals surface area contributed by atoms with Gasteiger partial charge in [0.2, 0.25) is 0 Å². The predicted molar refractivity (Wildman–Crippen MR) is 49.6 cm³/mol. The molecule has 0 spiro atoms. The molecule has 1 N–H and O–H groups in total. The molecule has 0 saturated carbocycles. The maximum Gasteiger partial charge on any atom is 0.00423 e. The topological polar surface area (TPSA) is 12.0 Å². The number of rotatable bonds is 1. The van der Waals surface area contributed by atoms with Crippen molar-refractivity contribution >= 4 is 0 Å². The molecule has 0 radical (unpaired) electrons. The first-order chi connectivity index (χ1) is 5.15. The highest BCUT2D eigenvalue weighted by atomic mass is 14.9. The molecule has 1 atom stereocenters. The fourth-order valence-corrected chi connectivity index (χ4v) is 1.58. The van der Waals surface area contributed by atoms with E-state index in [1.165, 1.54) is 31.4 Å². The van der Waals surface area contributed by atoms with E-state index in [-0.39, 0.29) is 0 Å². The Bertz CT molecular complexity index is 141. The zero-order chi connectivity index (χ0) is 8.32. The predicted octanol–water partition coefficient (Wildman–Crippen LogP) is 2.34. The second-order valence-corrected chi connectivity index (χ2v) is 3.97. The van der Waals surface area contributed by atoms with Gasteiger partial charge < -0.3 is 5.32 Å². The maximum absolute atomic E-state index is 4.05. The Hall–Kier alpha value is -0.300. The highest BCUT2D eigenvalue weighted by molar-refractivity contribution is 5.06. The van der Waals surface area contributed by atoms with Gasteiger partial charge in [0.1, 0.15) is 0 Å². The SMILES string of the molecule is C=C(C)C1(C)CCCCNC1. The van der Waals surface area contributed by atoms with Crippen LogP contribution in [0.3, 0.4) is 0 Å². The molecule has 1 aliphatic rings. The summed E-state index contributed by atoms with van der Waals surface area (Å²) in [7, 11) is 0. The Morgan fingerprint density at radius 3 is 2.82 bits per heavy atom. The van der Waals surface area contributed by atoms with Crippen molar-refractivity contribution in [2.45, 2.75) is 33.1 Å². The first-order valence-electron chi connectivity index (χ1n) is 4.52. The van der Waals surface area contributed by atoms with Crippen molar-refractivity contribution in [3.05, 3.63) is 12.2 Å². The summed E-state index contributed by atoms with van der Waals surface area (Å²) in [5.41, 5.74) is 1.68. The van der Waals surface area contributed by atoms with E-state index >= 15 is 0 Å². The molecule has 0 bridgehead atoms. The average molecular weight is 153 g/mol. The Morgan fingerprint density at radius 2 is 2.18 bits per heavy atom. The van der Waals surface area contributed by atoms with Gasteiger partial charge in [0, 0.05) is 12.0 Å². The molecule has 1 saturated heterocycles. The lowest BCUT2D eigenvalue weighted by molar-refractivity contribution is 0.364. The van der Waals surface area contributed by atoms with Gasteiger partial charge in [-0.1, -0.05) is 25.5 Å². The molecule has 1 aliphatic heterocycles. The Balaban J connectivity index is 2.59. The first kappa shape index (κ1) is 8.79. The van der Waals surface area contributed by atoms with Gasteiger partial charge in [0.15, 0.2) is 0 Å².